The molecule has 0 radical (unpaired) electrons. The molecule has 92 valence electrons. The predicted octanol–water partition coefficient (Wildman–Crippen LogP) is 1.86. The van der Waals surface area contributed by atoms with Crippen LogP contribution in [-0.2, 0) is 11.2 Å². The molecule has 1 rings (SSSR count). The number of aryl methyl sites for hydroxylation is 1. The summed E-state index contributed by atoms with van der Waals surface area (Å²) < 4.78 is 25.3. The summed E-state index contributed by atoms with van der Waals surface area (Å²) in [6.07, 6.45) is -2.85. The average Bonchev–Trinajstić information content (AvgIpc) is 2.18. The maximum atomic E-state index is 12.7. The van der Waals surface area contributed by atoms with Gasteiger partial charge < -0.3 is 5.11 Å². The molecule has 0 aliphatic carbocycles. The second kappa shape index (κ2) is 4.81. The van der Waals surface area contributed by atoms with Gasteiger partial charge in [-0.25, -0.2) is 8.78 Å². The summed E-state index contributed by atoms with van der Waals surface area (Å²) in [6.45, 7) is 1.21. The molecule has 1 aromatic rings. The number of aliphatic carboxylic acids is 1. The zero-order valence-corrected chi connectivity index (χ0v) is 8.68. The number of hydrogen-bond donors (Lipinski definition) is 1. The van der Waals surface area contributed by atoms with Gasteiger partial charge in [0.05, 0.1) is 22.6 Å². The molecule has 1 aromatic heterocycles. The van der Waals surface area contributed by atoms with Gasteiger partial charge in [0.15, 0.2) is 0 Å². The number of carbonyl (C=O) groups is 1. The summed E-state index contributed by atoms with van der Waals surface area (Å²) in [5.41, 5.74) is -2.20. The Kier molecular flexibility index (Phi) is 3.66. The highest BCUT2D eigenvalue weighted by Crippen LogP contribution is 2.33. The first-order valence-corrected chi connectivity index (χ1v) is 4.47. The van der Waals surface area contributed by atoms with E-state index in [4.69, 9.17) is 5.11 Å². The first-order chi connectivity index (χ1) is 7.84. The molecule has 8 heteroatoms. The molecule has 17 heavy (non-hydrogen) atoms. The van der Waals surface area contributed by atoms with Crippen molar-refractivity contribution >= 4 is 11.7 Å². The summed E-state index contributed by atoms with van der Waals surface area (Å²) in [5, 5.41) is 19.3. The van der Waals surface area contributed by atoms with Crippen LogP contribution in [0.4, 0.5) is 14.5 Å². The number of alkyl halides is 2. The number of pyridine rings is 1. The lowest BCUT2D eigenvalue weighted by Crippen LogP contribution is -2.09. The van der Waals surface area contributed by atoms with Crippen molar-refractivity contribution in [1.82, 2.24) is 4.98 Å². The van der Waals surface area contributed by atoms with Crippen molar-refractivity contribution in [3.05, 3.63) is 33.1 Å². The fourth-order valence-corrected chi connectivity index (χ4v) is 1.42. The number of nitrogens with zero attached hydrogens (tertiary/aromatic N) is 2. The quantitative estimate of drug-likeness (QED) is 0.646. The van der Waals surface area contributed by atoms with Crippen LogP contribution in [0, 0.1) is 17.0 Å². The van der Waals surface area contributed by atoms with Crippen molar-refractivity contribution in [3.8, 4) is 0 Å². The maximum absolute atomic E-state index is 12.7. The fraction of sp³-hybridized carbons (Fsp3) is 0.333. The molecule has 0 saturated heterocycles. The van der Waals surface area contributed by atoms with Gasteiger partial charge in [0.25, 0.3) is 12.1 Å². The van der Waals surface area contributed by atoms with E-state index < -0.39 is 35.0 Å². The Hall–Kier alpha value is -2.12. The van der Waals surface area contributed by atoms with E-state index in [1.54, 1.807) is 0 Å². The van der Waals surface area contributed by atoms with Crippen molar-refractivity contribution in [1.29, 1.82) is 0 Å². The molecule has 0 amide bonds. The highest BCUT2D eigenvalue weighted by molar-refractivity contribution is 5.72. The number of nitro groups is 1. The van der Waals surface area contributed by atoms with Crippen molar-refractivity contribution < 1.29 is 23.6 Å². The van der Waals surface area contributed by atoms with Gasteiger partial charge >= 0.3 is 5.97 Å². The third-order valence-electron chi connectivity index (χ3n) is 2.11. The highest BCUT2D eigenvalue weighted by Gasteiger charge is 2.29. The number of rotatable bonds is 4. The summed E-state index contributed by atoms with van der Waals surface area (Å²) in [4.78, 5) is 23.7. The molecule has 0 saturated carbocycles. The Morgan fingerprint density at radius 3 is 2.65 bits per heavy atom. The highest BCUT2D eigenvalue weighted by atomic mass is 19.3. The van der Waals surface area contributed by atoms with E-state index in [1.807, 2.05) is 0 Å². The smallest absolute Gasteiger partial charge is 0.308 e. The molecule has 0 fully saturated rings. The molecular formula is C9H8F2N2O4. The molecule has 6 nitrogen and oxygen atoms in total. The molecule has 1 N–H and O–H groups in total. The van der Waals surface area contributed by atoms with Crippen LogP contribution in [-0.4, -0.2) is 21.0 Å². The first kappa shape index (κ1) is 12.9. The molecule has 0 bridgehead atoms. The number of carboxylic acids is 1. The molecule has 0 spiro atoms. The molecule has 0 aromatic carbocycles. The van der Waals surface area contributed by atoms with Crippen LogP contribution in [0.5, 0.6) is 0 Å². The topological polar surface area (TPSA) is 93.3 Å². The van der Waals surface area contributed by atoms with E-state index in [9.17, 15) is 23.7 Å². The SMILES string of the molecule is Cc1ncc(CC(=O)O)c([N+](=O)[O-])c1C(F)F. The van der Waals surface area contributed by atoms with Gasteiger partial charge in [-0.2, -0.15) is 0 Å². The largest absolute Gasteiger partial charge is 0.481 e. The van der Waals surface area contributed by atoms with E-state index in [0.717, 1.165) is 6.20 Å². The van der Waals surface area contributed by atoms with Crippen LogP contribution in [0.15, 0.2) is 6.20 Å². The Morgan fingerprint density at radius 1 is 1.65 bits per heavy atom. The summed E-state index contributed by atoms with van der Waals surface area (Å²) in [7, 11) is 0. The summed E-state index contributed by atoms with van der Waals surface area (Å²) in [5.74, 6) is -1.35. The fourth-order valence-electron chi connectivity index (χ4n) is 1.42. The lowest BCUT2D eigenvalue weighted by molar-refractivity contribution is -0.387. The van der Waals surface area contributed by atoms with E-state index in [0.29, 0.717) is 0 Å². The van der Waals surface area contributed by atoms with Crippen LogP contribution in [0.1, 0.15) is 23.2 Å². The standard InChI is InChI=1S/C9H8F2N2O4/c1-4-7(9(10)11)8(13(16)17)5(3-12-4)2-6(14)15/h3,9H,2H2,1H3,(H,14,15). The van der Waals surface area contributed by atoms with Gasteiger partial charge in [0.2, 0.25) is 0 Å². The van der Waals surface area contributed by atoms with Crippen LogP contribution >= 0.6 is 0 Å². The molecule has 0 unspecified atom stereocenters. The van der Waals surface area contributed by atoms with E-state index in [2.05, 4.69) is 4.98 Å². The number of aromatic nitrogens is 1. The summed E-state index contributed by atoms with van der Waals surface area (Å²) >= 11 is 0. The monoisotopic (exact) mass is 246 g/mol. The second-order valence-electron chi connectivity index (χ2n) is 3.26. The van der Waals surface area contributed by atoms with Gasteiger partial charge in [-0.1, -0.05) is 0 Å². The maximum Gasteiger partial charge on any atom is 0.308 e. The van der Waals surface area contributed by atoms with Crippen LogP contribution in [0.2, 0.25) is 0 Å². The van der Waals surface area contributed by atoms with Crippen LogP contribution in [0.25, 0.3) is 0 Å². The first-order valence-electron chi connectivity index (χ1n) is 4.47. The molecule has 1 heterocycles. The zero-order valence-electron chi connectivity index (χ0n) is 8.68. The van der Waals surface area contributed by atoms with E-state index in [-0.39, 0.29) is 11.3 Å². The lowest BCUT2D eigenvalue weighted by atomic mass is 10.1. The Morgan fingerprint density at radius 2 is 2.24 bits per heavy atom. The van der Waals surface area contributed by atoms with Gasteiger partial charge in [-0.15, -0.1) is 0 Å². The van der Waals surface area contributed by atoms with Gasteiger partial charge in [0, 0.05) is 6.20 Å². The number of carboxylic acid groups (broad SMARTS) is 1. The molecular weight excluding hydrogens is 238 g/mol. The molecule has 0 aliphatic heterocycles. The Bertz CT molecular complexity index is 476. The Balaban J connectivity index is 3.47. The van der Waals surface area contributed by atoms with Crippen molar-refractivity contribution in [3.63, 3.8) is 0 Å². The normalized spacial score (nSPS) is 10.6. The molecule has 0 atom stereocenters. The summed E-state index contributed by atoms with van der Waals surface area (Å²) in [6, 6.07) is 0. The minimum absolute atomic E-state index is 0.180. The minimum Gasteiger partial charge on any atom is -0.481 e. The van der Waals surface area contributed by atoms with Gasteiger partial charge in [-0.05, 0) is 6.92 Å². The number of hydrogen-bond acceptors (Lipinski definition) is 4. The van der Waals surface area contributed by atoms with Crippen molar-refractivity contribution in [2.75, 3.05) is 0 Å². The predicted molar refractivity (Wildman–Crippen MR) is 51.9 cm³/mol. The zero-order chi connectivity index (χ0) is 13.2. The number of halogens is 2. The van der Waals surface area contributed by atoms with Crippen molar-refractivity contribution in [2.24, 2.45) is 0 Å². The Labute approximate surface area is 94.1 Å². The second-order valence-corrected chi connectivity index (χ2v) is 3.26. The van der Waals surface area contributed by atoms with E-state index >= 15 is 0 Å². The lowest BCUT2D eigenvalue weighted by Gasteiger charge is -2.08. The van der Waals surface area contributed by atoms with Gasteiger partial charge in [0.1, 0.15) is 5.56 Å². The third kappa shape index (κ3) is 2.71. The van der Waals surface area contributed by atoms with Crippen molar-refractivity contribution in [2.45, 2.75) is 19.8 Å². The van der Waals surface area contributed by atoms with E-state index in [1.165, 1.54) is 6.92 Å². The minimum atomic E-state index is -3.07. The third-order valence-corrected chi connectivity index (χ3v) is 2.11. The van der Waals surface area contributed by atoms with Crippen LogP contribution < -0.4 is 0 Å². The van der Waals surface area contributed by atoms with Gasteiger partial charge in [-0.3, -0.25) is 19.9 Å². The average molecular weight is 246 g/mol. The molecule has 0 aliphatic rings. The van der Waals surface area contributed by atoms with Crippen LogP contribution in [0.3, 0.4) is 0 Å².